The smallest absolute Gasteiger partial charge is 0.259 e. The average molecular weight is 433 g/mol. The molecular weight excluding hydrogens is 410 g/mol. The standard InChI is InChI=1S/C24H23N3O5/c1-14-22-17(13-18(20-7-5-11-31-20)25-23(22)32-26-14)24(28)27-10-4-6-19(27)16-9-8-15(29-2)12-21(16)30-3/h5,7-9,11-13,19H,4,6,10H2,1-3H3/t19-/m1/s1. The highest BCUT2D eigenvalue weighted by Gasteiger charge is 2.34. The molecule has 32 heavy (non-hydrogen) atoms. The molecule has 1 atom stereocenters. The fourth-order valence-corrected chi connectivity index (χ4v) is 4.40. The zero-order chi connectivity index (χ0) is 22.2. The number of aromatic nitrogens is 2. The van der Waals surface area contributed by atoms with Crippen LogP contribution in [0.5, 0.6) is 11.5 Å². The molecule has 164 valence electrons. The summed E-state index contributed by atoms with van der Waals surface area (Å²) < 4.78 is 21.8. The van der Waals surface area contributed by atoms with Crippen LogP contribution < -0.4 is 9.47 Å². The summed E-state index contributed by atoms with van der Waals surface area (Å²) in [7, 11) is 3.24. The van der Waals surface area contributed by atoms with E-state index in [9.17, 15) is 4.79 Å². The fraction of sp³-hybridized carbons (Fsp3) is 0.292. The largest absolute Gasteiger partial charge is 0.497 e. The molecule has 0 saturated carbocycles. The predicted molar refractivity (Wildman–Crippen MR) is 117 cm³/mol. The molecule has 1 aliphatic rings. The second-order valence-corrected chi connectivity index (χ2v) is 7.74. The minimum atomic E-state index is -0.112. The van der Waals surface area contributed by atoms with E-state index >= 15 is 0 Å². The number of fused-ring (bicyclic) bond motifs is 1. The van der Waals surface area contributed by atoms with Crippen LogP contribution in [0.25, 0.3) is 22.6 Å². The van der Waals surface area contributed by atoms with Crippen molar-refractivity contribution in [2.24, 2.45) is 0 Å². The molecule has 0 N–H and O–H groups in total. The van der Waals surface area contributed by atoms with Gasteiger partial charge in [-0.1, -0.05) is 5.16 Å². The Morgan fingerprint density at radius 1 is 1.19 bits per heavy atom. The molecule has 8 nitrogen and oxygen atoms in total. The van der Waals surface area contributed by atoms with Crippen LogP contribution in [0.2, 0.25) is 0 Å². The van der Waals surface area contributed by atoms with Gasteiger partial charge in [-0.05, 0) is 50.1 Å². The number of aryl methyl sites for hydroxylation is 1. The van der Waals surface area contributed by atoms with Crippen molar-refractivity contribution in [2.75, 3.05) is 20.8 Å². The fourth-order valence-electron chi connectivity index (χ4n) is 4.40. The topological polar surface area (TPSA) is 90.8 Å². The molecule has 1 fully saturated rings. The molecule has 0 aliphatic carbocycles. The second kappa shape index (κ2) is 8.03. The Bertz CT molecular complexity index is 1280. The van der Waals surface area contributed by atoms with Crippen LogP contribution in [0.15, 0.2) is 51.6 Å². The highest BCUT2D eigenvalue weighted by atomic mass is 16.5. The molecule has 0 unspecified atom stereocenters. The number of carbonyl (C=O) groups excluding carboxylic acids is 1. The van der Waals surface area contributed by atoms with E-state index in [4.69, 9.17) is 18.4 Å². The monoisotopic (exact) mass is 433 g/mol. The predicted octanol–water partition coefficient (Wildman–Crippen LogP) is 4.79. The normalized spacial score (nSPS) is 16.0. The lowest BCUT2D eigenvalue weighted by Crippen LogP contribution is -2.31. The molecule has 1 aliphatic heterocycles. The zero-order valence-corrected chi connectivity index (χ0v) is 18.1. The molecule has 0 radical (unpaired) electrons. The number of pyridine rings is 1. The average Bonchev–Trinajstić information content (AvgIpc) is 3.59. The van der Waals surface area contributed by atoms with Crippen molar-refractivity contribution in [1.29, 1.82) is 0 Å². The van der Waals surface area contributed by atoms with Crippen LogP contribution in [0.3, 0.4) is 0 Å². The minimum Gasteiger partial charge on any atom is -0.497 e. The SMILES string of the molecule is COc1ccc([C@H]2CCCN2C(=O)c2cc(-c3ccco3)nc3onc(C)c23)c(OC)c1. The molecule has 0 spiro atoms. The van der Waals surface area contributed by atoms with Crippen LogP contribution in [0, 0.1) is 6.92 Å². The van der Waals surface area contributed by atoms with Gasteiger partial charge in [-0.3, -0.25) is 4.79 Å². The summed E-state index contributed by atoms with van der Waals surface area (Å²) in [6, 6.07) is 10.9. The lowest BCUT2D eigenvalue weighted by molar-refractivity contribution is 0.0736. The number of ether oxygens (including phenoxy) is 2. The summed E-state index contributed by atoms with van der Waals surface area (Å²) in [5, 5.41) is 4.66. The van der Waals surface area contributed by atoms with Crippen molar-refractivity contribution in [3.63, 3.8) is 0 Å². The van der Waals surface area contributed by atoms with Crippen LogP contribution >= 0.6 is 0 Å². The summed E-state index contributed by atoms with van der Waals surface area (Å²) in [6.45, 7) is 2.45. The van der Waals surface area contributed by atoms with E-state index in [0.29, 0.717) is 51.9 Å². The third-order valence-corrected chi connectivity index (χ3v) is 5.93. The van der Waals surface area contributed by atoms with Crippen LogP contribution in [-0.2, 0) is 0 Å². The lowest BCUT2D eigenvalue weighted by atomic mass is 10.0. The minimum absolute atomic E-state index is 0.100. The molecule has 8 heteroatoms. The van der Waals surface area contributed by atoms with Gasteiger partial charge >= 0.3 is 0 Å². The number of methoxy groups -OCH3 is 2. The van der Waals surface area contributed by atoms with Gasteiger partial charge in [0.1, 0.15) is 17.2 Å². The van der Waals surface area contributed by atoms with Crippen molar-refractivity contribution in [3.05, 3.63) is 59.5 Å². The van der Waals surface area contributed by atoms with E-state index < -0.39 is 0 Å². The summed E-state index contributed by atoms with van der Waals surface area (Å²) in [5.74, 6) is 1.87. The van der Waals surface area contributed by atoms with E-state index in [0.717, 1.165) is 18.4 Å². The van der Waals surface area contributed by atoms with E-state index in [1.165, 1.54) is 0 Å². The third kappa shape index (κ3) is 3.28. The Balaban J connectivity index is 1.59. The molecule has 1 aromatic carbocycles. The molecule has 4 heterocycles. The highest BCUT2D eigenvalue weighted by Crippen LogP contribution is 2.40. The first-order chi connectivity index (χ1) is 15.6. The highest BCUT2D eigenvalue weighted by molar-refractivity contribution is 6.07. The van der Waals surface area contributed by atoms with Crippen LogP contribution in [0.1, 0.15) is 40.5 Å². The summed E-state index contributed by atoms with van der Waals surface area (Å²) in [4.78, 5) is 20.3. The first-order valence-electron chi connectivity index (χ1n) is 10.4. The molecule has 1 amide bonds. The third-order valence-electron chi connectivity index (χ3n) is 5.93. The lowest BCUT2D eigenvalue weighted by Gasteiger charge is -2.27. The summed E-state index contributed by atoms with van der Waals surface area (Å²) in [6.07, 6.45) is 3.31. The number of amides is 1. The van der Waals surface area contributed by atoms with Crippen molar-refractivity contribution >= 4 is 17.0 Å². The van der Waals surface area contributed by atoms with E-state index in [-0.39, 0.29) is 11.9 Å². The number of likely N-dealkylation sites (tertiary alicyclic amines) is 1. The molecule has 0 bridgehead atoms. The van der Waals surface area contributed by atoms with Crippen molar-refractivity contribution in [2.45, 2.75) is 25.8 Å². The molecular formula is C24H23N3O5. The number of benzene rings is 1. The van der Waals surface area contributed by atoms with Gasteiger partial charge in [0, 0.05) is 18.2 Å². The quantitative estimate of drug-likeness (QED) is 0.447. The van der Waals surface area contributed by atoms with Crippen LogP contribution in [0.4, 0.5) is 0 Å². The molecule has 4 aromatic rings. The van der Waals surface area contributed by atoms with Crippen molar-refractivity contribution < 1.29 is 23.2 Å². The Morgan fingerprint density at radius 3 is 2.81 bits per heavy atom. The van der Waals surface area contributed by atoms with Crippen molar-refractivity contribution in [1.82, 2.24) is 15.0 Å². The van der Waals surface area contributed by atoms with Gasteiger partial charge in [-0.15, -0.1) is 0 Å². The van der Waals surface area contributed by atoms with Gasteiger partial charge in [0.15, 0.2) is 5.76 Å². The van der Waals surface area contributed by atoms with Gasteiger partial charge in [-0.2, -0.15) is 0 Å². The maximum Gasteiger partial charge on any atom is 0.259 e. The van der Waals surface area contributed by atoms with Crippen molar-refractivity contribution in [3.8, 4) is 23.0 Å². The number of hydrogen-bond donors (Lipinski definition) is 0. The Hall–Kier alpha value is -3.81. The Morgan fingerprint density at radius 2 is 2.06 bits per heavy atom. The second-order valence-electron chi connectivity index (χ2n) is 7.74. The summed E-state index contributed by atoms with van der Waals surface area (Å²) >= 11 is 0. The number of nitrogens with zero attached hydrogens (tertiary/aromatic N) is 3. The zero-order valence-electron chi connectivity index (χ0n) is 18.1. The number of rotatable bonds is 5. The first kappa shape index (κ1) is 20.1. The van der Waals surface area contributed by atoms with Gasteiger partial charge in [0.05, 0.1) is 43.2 Å². The molecule has 5 rings (SSSR count). The van der Waals surface area contributed by atoms with Gasteiger partial charge in [0.2, 0.25) is 0 Å². The van der Waals surface area contributed by atoms with E-state index in [2.05, 4.69) is 10.1 Å². The summed E-state index contributed by atoms with van der Waals surface area (Å²) in [5.41, 5.74) is 2.93. The van der Waals surface area contributed by atoms with E-state index in [1.807, 2.05) is 30.0 Å². The molecule has 1 saturated heterocycles. The Kier molecular flexibility index (Phi) is 5.05. The maximum atomic E-state index is 13.9. The number of furan rings is 1. The first-order valence-corrected chi connectivity index (χ1v) is 10.4. The van der Waals surface area contributed by atoms with Gasteiger partial charge in [-0.25, -0.2) is 4.98 Å². The number of carbonyl (C=O) groups is 1. The van der Waals surface area contributed by atoms with E-state index in [1.54, 1.807) is 38.7 Å². The maximum absolute atomic E-state index is 13.9. The number of hydrogen-bond acceptors (Lipinski definition) is 7. The Labute approximate surface area is 184 Å². The molecule has 3 aromatic heterocycles. The van der Waals surface area contributed by atoms with Gasteiger partial charge in [0.25, 0.3) is 11.6 Å². The van der Waals surface area contributed by atoms with Gasteiger partial charge < -0.3 is 23.3 Å². The van der Waals surface area contributed by atoms with Crippen LogP contribution in [-0.4, -0.2) is 41.7 Å².